The topological polar surface area (TPSA) is 26.3 Å². The van der Waals surface area contributed by atoms with Crippen molar-refractivity contribution in [1.82, 2.24) is 0 Å². The molecular formula is C13H22O2Si. The van der Waals surface area contributed by atoms with E-state index in [4.69, 9.17) is 4.74 Å². The lowest BCUT2D eigenvalue weighted by Crippen LogP contribution is -2.34. The third-order valence-electron chi connectivity index (χ3n) is 2.34. The van der Waals surface area contributed by atoms with Gasteiger partial charge in [-0.15, -0.1) is 0 Å². The van der Waals surface area contributed by atoms with Crippen molar-refractivity contribution < 1.29 is 9.53 Å². The molecule has 0 aromatic carbocycles. The Kier molecular flexibility index (Phi) is 6.04. The molecule has 16 heavy (non-hydrogen) atoms. The molecule has 0 saturated carbocycles. The molecule has 0 bridgehead atoms. The Labute approximate surface area is 99.7 Å². The van der Waals surface area contributed by atoms with E-state index in [0.717, 1.165) is 11.6 Å². The fourth-order valence-corrected chi connectivity index (χ4v) is 3.23. The summed E-state index contributed by atoms with van der Waals surface area (Å²) in [6.45, 7) is 15.5. The van der Waals surface area contributed by atoms with E-state index >= 15 is 0 Å². The molecule has 3 heteroatoms. The first-order valence-corrected chi connectivity index (χ1v) is 8.84. The minimum Gasteiger partial charge on any atom is -0.466 e. The molecule has 0 spiro atoms. The highest BCUT2D eigenvalue weighted by atomic mass is 28.3. The zero-order chi connectivity index (χ0) is 12.8. The largest absolute Gasteiger partial charge is 0.466 e. The van der Waals surface area contributed by atoms with E-state index in [2.05, 4.69) is 26.3 Å². The summed E-state index contributed by atoms with van der Waals surface area (Å²) in [4.78, 5) is 11.5. The van der Waals surface area contributed by atoms with Crippen LogP contribution in [0.25, 0.3) is 0 Å². The van der Waals surface area contributed by atoms with Gasteiger partial charge in [-0.3, -0.25) is 0 Å². The zero-order valence-corrected chi connectivity index (χ0v) is 11.8. The highest BCUT2D eigenvalue weighted by molar-refractivity contribution is 6.78. The van der Waals surface area contributed by atoms with E-state index in [-0.39, 0.29) is 5.97 Å². The number of hydrogen-bond donors (Lipinski definition) is 0. The van der Waals surface area contributed by atoms with Crippen molar-refractivity contribution in [2.45, 2.75) is 33.0 Å². The predicted octanol–water partition coefficient (Wildman–Crippen LogP) is 3.49. The molecule has 2 nitrogen and oxygen atoms in total. The Bertz CT molecular complexity index is 314. The highest BCUT2D eigenvalue weighted by Gasteiger charge is 2.23. The second-order valence-electron chi connectivity index (χ2n) is 4.75. The summed E-state index contributed by atoms with van der Waals surface area (Å²) in [6, 6.07) is 0.915. The van der Waals surface area contributed by atoms with Crippen LogP contribution >= 0.6 is 0 Å². The SMILES string of the molecule is C=CC(=C)C[Si](C)(C)COC(=O)/C(C)=C/C. The Balaban J connectivity index is 4.23. The van der Waals surface area contributed by atoms with E-state index < -0.39 is 8.07 Å². The quantitative estimate of drug-likeness (QED) is 0.306. The molecule has 0 aliphatic carbocycles. The Morgan fingerprint density at radius 1 is 1.44 bits per heavy atom. The molecular weight excluding hydrogens is 216 g/mol. The number of hydrogen-bond acceptors (Lipinski definition) is 2. The molecule has 0 aliphatic rings. The molecule has 0 radical (unpaired) electrons. The standard InChI is InChI=1S/C13H22O2Si/c1-7-11(3)9-16(5,6)10-15-13(14)12(4)8-2/h7-8H,1,3,9-10H2,2,4-6H3/b12-8+. The van der Waals surface area contributed by atoms with E-state index in [1.807, 2.05) is 6.92 Å². The second kappa shape index (κ2) is 6.48. The second-order valence-corrected chi connectivity index (χ2v) is 9.72. The van der Waals surface area contributed by atoms with Gasteiger partial charge in [-0.1, -0.05) is 44.0 Å². The number of carbonyl (C=O) groups excluding carboxylic acids is 1. The average Bonchev–Trinajstić information content (AvgIpc) is 2.24. The van der Waals surface area contributed by atoms with Crippen LogP contribution < -0.4 is 0 Å². The van der Waals surface area contributed by atoms with Crippen molar-refractivity contribution in [3.8, 4) is 0 Å². The molecule has 0 atom stereocenters. The van der Waals surface area contributed by atoms with E-state index in [1.165, 1.54) is 0 Å². The van der Waals surface area contributed by atoms with Crippen molar-refractivity contribution in [2.75, 3.05) is 6.23 Å². The molecule has 0 aromatic heterocycles. The molecule has 90 valence electrons. The lowest BCUT2D eigenvalue weighted by molar-refractivity contribution is -0.137. The van der Waals surface area contributed by atoms with Gasteiger partial charge in [-0.25, -0.2) is 4.79 Å². The highest BCUT2D eigenvalue weighted by Crippen LogP contribution is 2.16. The normalized spacial score (nSPS) is 12.1. The van der Waals surface area contributed by atoms with Crippen LogP contribution in [0.5, 0.6) is 0 Å². The van der Waals surface area contributed by atoms with Crippen molar-refractivity contribution in [2.24, 2.45) is 0 Å². The van der Waals surface area contributed by atoms with Gasteiger partial charge in [0.25, 0.3) is 0 Å². The number of esters is 1. The van der Waals surface area contributed by atoms with Gasteiger partial charge in [0.2, 0.25) is 0 Å². The van der Waals surface area contributed by atoms with Crippen molar-refractivity contribution in [1.29, 1.82) is 0 Å². The minimum absolute atomic E-state index is 0.215. The number of rotatable bonds is 6. The van der Waals surface area contributed by atoms with Crippen molar-refractivity contribution in [3.05, 3.63) is 36.5 Å². The summed E-state index contributed by atoms with van der Waals surface area (Å²) in [5.41, 5.74) is 1.68. The maximum absolute atomic E-state index is 11.5. The van der Waals surface area contributed by atoms with Crippen LogP contribution in [-0.2, 0) is 9.53 Å². The van der Waals surface area contributed by atoms with Gasteiger partial charge < -0.3 is 4.74 Å². The molecule has 0 heterocycles. The van der Waals surface area contributed by atoms with E-state index in [1.54, 1.807) is 19.1 Å². The third-order valence-corrected chi connectivity index (χ3v) is 4.68. The van der Waals surface area contributed by atoms with Crippen LogP contribution in [0.2, 0.25) is 19.1 Å². The molecule has 0 unspecified atom stereocenters. The van der Waals surface area contributed by atoms with Crippen LogP contribution in [0.15, 0.2) is 36.5 Å². The minimum atomic E-state index is -1.55. The van der Waals surface area contributed by atoms with Crippen LogP contribution in [0, 0.1) is 0 Å². The first kappa shape index (κ1) is 14.9. The van der Waals surface area contributed by atoms with Crippen LogP contribution in [0.4, 0.5) is 0 Å². The Morgan fingerprint density at radius 2 is 2.00 bits per heavy atom. The summed E-state index contributed by atoms with van der Waals surface area (Å²) in [5, 5.41) is 0. The van der Waals surface area contributed by atoms with Crippen molar-refractivity contribution in [3.63, 3.8) is 0 Å². The molecule has 0 N–H and O–H groups in total. The summed E-state index contributed by atoms with van der Waals surface area (Å²) in [7, 11) is -1.55. The summed E-state index contributed by atoms with van der Waals surface area (Å²) >= 11 is 0. The van der Waals surface area contributed by atoms with Crippen LogP contribution in [-0.4, -0.2) is 20.3 Å². The van der Waals surface area contributed by atoms with Gasteiger partial charge >= 0.3 is 5.97 Å². The predicted molar refractivity (Wildman–Crippen MR) is 72.0 cm³/mol. The van der Waals surface area contributed by atoms with Crippen LogP contribution in [0.3, 0.4) is 0 Å². The van der Waals surface area contributed by atoms with Gasteiger partial charge in [0.1, 0.15) is 0 Å². The van der Waals surface area contributed by atoms with Crippen molar-refractivity contribution >= 4 is 14.0 Å². The summed E-state index contributed by atoms with van der Waals surface area (Å²) in [6.07, 6.45) is 4.07. The maximum atomic E-state index is 11.5. The van der Waals surface area contributed by atoms with Crippen LogP contribution in [0.1, 0.15) is 13.8 Å². The van der Waals surface area contributed by atoms with Gasteiger partial charge in [0.15, 0.2) is 0 Å². The first-order valence-electron chi connectivity index (χ1n) is 5.42. The molecule has 0 saturated heterocycles. The van der Waals surface area contributed by atoms with Gasteiger partial charge in [-0.05, 0) is 19.9 Å². The Morgan fingerprint density at radius 3 is 2.44 bits per heavy atom. The third kappa shape index (κ3) is 5.71. The molecule has 0 fully saturated rings. The molecule has 0 amide bonds. The van der Waals surface area contributed by atoms with Gasteiger partial charge in [-0.2, -0.15) is 0 Å². The molecule has 0 aliphatic heterocycles. The lowest BCUT2D eigenvalue weighted by atomic mass is 10.3. The monoisotopic (exact) mass is 238 g/mol. The number of carbonyl (C=O) groups is 1. The number of ether oxygens (including phenoxy) is 1. The number of allylic oxidation sites excluding steroid dienone is 3. The summed E-state index contributed by atoms with van der Waals surface area (Å²) in [5.74, 6) is -0.215. The summed E-state index contributed by atoms with van der Waals surface area (Å²) < 4.78 is 5.28. The smallest absolute Gasteiger partial charge is 0.333 e. The van der Waals surface area contributed by atoms with E-state index in [9.17, 15) is 4.79 Å². The molecule has 0 rings (SSSR count). The zero-order valence-electron chi connectivity index (χ0n) is 10.8. The van der Waals surface area contributed by atoms with Gasteiger partial charge in [0.05, 0.1) is 14.3 Å². The van der Waals surface area contributed by atoms with Gasteiger partial charge in [0, 0.05) is 5.57 Å². The lowest BCUT2D eigenvalue weighted by Gasteiger charge is -2.22. The first-order chi connectivity index (χ1) is 7.32. The molecule has 0 aromatic rings. The maximum Gasteiger partial charge on any atom is 0.333 e. The fourth-order valence-electron chi connectivity index (χ4n) is 1.23. The van der Waals surface area contributed by atoms with E-state index in [0.29, 0.717) is 11.8 Å². The fraction of sp³-hybridized carbons (Fsp3) is 0.462. The Hall–Kier alpha value is -1.09. The average molecular weight is 238 g/mol.